The Morgan fingerprint density at radius 2 is 1.95 bits per heavy atom. The molecule has 0 aromatic rings. The minimum Gasteiger partial charge on any atom is -0.480 e. The van der Waals surface area contributed by atoms with Crippen molar-refractivity contribution in [2.75, 3.05) is 13.1 Å². The maximum atomic E-state index is 11.6. The lowest BCUT2D eigenvalue weighted by Gasteiger charge is -2.13. The topological polar surface area (TPSA) is 151 Å². The van der Waals surface area contributed by atoms with Crippen molar-refractivity contribution in [3.63, 3.8) is 0 Å². The molecule has 0 aliphatic carbocycles. The average Bonchev–Trinajstić information content (AvgIpc) is 2.47. The zero-order valence-electron chi connectivity index (χ0n) is 15.6. The monoisotopic (exact) mass is 306 g/mol. The first-order valence-corrected chi connectivity index (χ1v) is 6.15. The van der Waals surface area contributed by atoms with Crippen molar-refractivity contribution in [2.24, 2.45) is 5.73 Å². The van der Waals surface area contributed by atoms with Crippen LogP contribution in [0, 0.1) is 0 Å². The fraction of sp³-hybridized carbons (Fsp3) is 0.667. The second-order valence-electron chi connectivity index (χ2n) is 4.17. The van der Waals surface area contributed by atoms with E-state index < -0.39 is 49.1 Å². The number of hydrogen-bond acceptors (Lipinski definition) is 5. The van der Waals surface area contributed by atoms with Gasteiger partial charge in [0.05, 0.1) is 7.39 Å². The molecule has 0 rings (SSSR count). The number of carboxylic acids is 1. The lowest BCUT2D eigenvalue weighted by atomic mass is 10.2. The van der Waals surface area contributed by atoms with Gasteiger partial charge in [-0.25, -0.2) is 0 Å². The molecule has 21 heavy (non-hydrogen) atoms. The van der Waals surface area contributed by atoms with Crippen molar-refractivity contribution in [1.82, 2.24) is 16.0 Å². The molecule has 0 radical (unpaired) electrons. The van der Waals surface area contributed by atoms with Crippen LogP contribution in [0.1, 0.15) is 32.1 Å². The van der Waals surface area contributed by atoms with E-state index in [1.165, 1.54) is 6.92 Å². The molecule has 0 aromatic carbocycles. The first-order valence-electron chi connectivity index (χ1n) is 8.15. The zero-order valence-corrected chi connectivity index (χ0v) is 11.6. The van der Waals surface area contributed by atoms with Gasteiger partial charge in [-0.1, -0.05) is 0 Å². The summed E-state index contributed by atoms with van der Waals surface area (Å²) in [5.41, 5.74) is 5.15. The molecule has 0 spiro atoms. The van der Waals surface area contributed by atoms with Crippen LogP contribution in [0.4, 0.5) is 0 Å². The second kappa shape index (κ2) is 9.70. The fourth-order valence-electron chi connectivity index (χ4n) is 1.24. The summed E-state index contributed by atoms with van der Waals surface area (Å²) >= 11 is 0. The first kappa shape index (κ1) is 12.6. The molecule has 0 saturated heterocycles. The van der Waals surface area contributed by atoms with Crippen LogP contribution in [0.5, 0.6) is 0 Å². The van der Waals surface area contributed by atoms with E-state index in [9.17, 15) is 19.2 Å². The fourth-order valence-corrected chi connectivity index (χ4v) is 1.24. The number of amides is 3. The summed E-state index contributed by atoms with van der Waals surface area (Å²) in [7, 11) is 0. The van der Waals surface area contributed by atoms with Crippen LogP contribution >= 0.6 is 0 Å². The molecular weight excluding hydrogens is 280 g/mol. The van der Waals surface area contributed by atoms with Crippen molar-refractivity contribution >= 4 is 23.7 Å². The third-order valence-corrected chi connectivity index (χ3v) is 2.30. The third kappa shape index (κ3) is 9.38. The highest BCUT2D eigenvalue weighted by molar-refractivity contribution is 5.89. The van der Waals surface area contributed by atoms with E-state index in [0.29, 0.717) is 0 Å². The van der Waals surface area contributed by atoms with Crippen LogP contribution in [0.3, 0.4) is 0 Å². The summed E-state index contributed by atoms with van der Waals surface area (Å²) < 4.78 is 28.4. The standard InChI is InChI=1S/C12H22N4O5/c1-7(13)11(20)14-5-3-4-9(17)16-8(2)12(21)15-6-10(18)19/h7-8H,3-6,13H2,1-2H3,(H,14,20)(H,15,21)(H,16,17)(H,18,19)/t7-,8-/m0/s1/i1D3,7D. The summed E-state index contributed by atoms with van der Waals surface area (Å²) in [6, 6.07) is -3.73. The van der Waals surface area contributed by atoms with Gasteiger partial charge in [0.15, 0.2) is 0 Å². The van der Waals surface area contributed by atoms with Crippen LogP contribution in [0.25, 0.3) is 0 Å². The van der Waals surface area contributed by atoms with Gasteiger partial charge in [-0.15, -0.1) is 0 Å². The number of carbonyl (C=O) groups excluding carboxylic acids is 3. The molecule has 0 unspecified atom stereocenters. The Morgan fingerprint density at radius 3 is 2.52 bits per heavy atom. The molecule has 0 aromatic heterocycles. The molecule has 0 aliphatic heterocycles. The SMILES string of the molecule is [2H]C([2H])([2H])[C@]([2H])(N)C(=O)NCCCC(=O)N[C@@H](C)C(=O)NCC(=O)O. The van der Waals surface area contributed by atoms with Gasteiger partial charge in [-0.05, 0) is 20.2 Å². The van der Waals surface area contributed by atoms with Crippen molar-refractivity contribution in [2.45, 2.75) is 38.7 Å². The second-order valence-corrected chi connectivity index (χ2v) is 4.17. The quantitative estimate of drug-likeness (QED) is 0.309. The molecule has 3 amide bonds. The molecule has 0 heterocycles. The van der Waals surface area contributed by atoms with Gasteiger partial charge in [0.1, 0.15) is 12.6 Å². The predicted octanol–water partition coefficient (Wildman–Crippen LogP) is -2.06. The highest BCUT2D eigenvalue weighted by atomic mass is 16.4. The van der Waals surface area contributed by atoms with Crippen LogP contribution in [-0.4, -0.2) is 53.9 Å². The summed E-state index contributed by atoms with van der Waals surface area (Å²) in [5.74, 6) is -3.59. The highest BCUT2D eigenvalue weighted by Gasteiger charge is 2.15. The van der Waals surface area contributed by atoms with E-state index in [0.717, 1.165) is 0 Å². The molecular formula is C12H22N4O5. The molecule has 9 nitrogen and oxygen atoms in total. The Bertz CT molecular complexity index is 524. The summed E-state index contributed by atoms with van der Waals surface area (Å²) in [6.07, 6.45) is 0.0400. The number of hydrogen-bond donors (Lipinski definition) is 5. The van der Waals surface area contributed by atoms with Crippen LogP contribution < -0.4 is 21.7 Å². The first-order chi connectivity index (χ1) is 11.3. The predicted molar refractivity (Wildman–Crippen MR) is 74.1 cm³/mol. The van der Waals surface area contributed by atoms with Gasteiger partial charge >= 0.3 is 5.97 Å². The van der Waals surface area contributed by atoms with E-state index >= 15 is 0 Å². The summed E-state index contributed by atoms with van der Waals surface area (Å²) in [6.45, 7) is -2.27. The van der Waals surface area contributed by atoms with Crippen molar-refractivity contribution in [1.29, 1.82) is 0 Å². The zero-order chi connectivity index (χ0) is 19.8. The summed E-state index contributed by atoms with van der Waals surface area (Å²) in [5, 5.41) is 15.0. The van der Waals surface area contributed by atoms with Crippen molar-refractivity contribution in [3.8, 4) is 0 Å². The third-order valence-electron chi connectivity index (χ3n) is 2.30. The van der Waals surface area contributed by atoms with E-state index in [4.69, 9.17) is 16.3 Å². The number of carbonyl (C=O) groups is 4. The number of rotatable bonds is 9. The number of nitrogens with two attached hydrogens (primary N) is 1. The maximum Gasteiger partial charge on any atom is 0.322 e. The van der Waals surface area contributed by atoms with Gasteiger partial charge in [0.25, 0.3) is 0 Å². The molecule has 0 fully saturated rings. The van der Waals surface area contributed by atoms with Gasteiger partial charge in [0.2, 0.25) is 17.7 Å². The normalized spacial score (nSPS) is 17.8. The maximum absolute atomic E-state index is 11.6. The number of carboxylic acid groups (broad SMARTS) is 1. The van der Waals surface area contributed by atoms with Gasteiger partial charge in [-0.2, -0.15) is 0 Å². The molecule has 0 saturated carbocycles. The number of nitrogens with one attached hydrogen (secondary N) is 3. The molecule has 0 bridgehead atoms. The van der Waals surface area contributed by atoms with Gasteiger partial charge in [-0.3, -0.25) is 19.2 Å². The largest absolute Gasteiger partial charge is 0.480 e. The minimum atomic E-state index is -2.99. The van der Waals surface area contributed by atoms with Crippen LogP contribution in [-0.2, 0) is 19.2 Å². The van der Waals surface area contributed by atoms with E-state index in [1.54, 1.807) is 0 Å². The average molecular weight is 306 g/mol. The number of aliphatic carboxylic acids is 1. The Hall–Kier alpha value is -2.16. The Morgan fingerprint density at radius 1 is 1.29 bits per heavy atom. The molecule has 0 aliphatic rings. The van der Waals surface area contributed by atoms with Crippen LogP contribution in [0.2, 0.25) is 0 Å². The molecule has 6 N–H and O–H groups in total. The Labute approximate surface area is 128 Å². The van der Waals surface area contributed by atoms with Gasteiger partial charge in [0, 0.05) is 17.1 Å². The molecule has 9 heteroatoms. The minimum absolute atomic E-state index is 0.0832. The van der Waals surface area contributed by atoms with E-state index in [2.05, 4.69) is 16.0 Å². The highest BCUT2D eigenvalue weighted by Crippen LogP contribution is 1.91. The molecule has 2 atom stereocenters. The van der Waals surface area contributed by atoms with Crippen LogP contribution in [0.15, 0.2) is 0 Å². The van der Waals surface area contributed by atoms with Crippen molar-refractivity contribution < 1.29 is 29.8 Å². The van der Waals surface area contributed by atoms with E-state index in [-0.39, 0.29) is 19.4 Å². The van der Waals surface area contributed by atoms with Crippen molar-refractivity contribution in [3.05, 3.63) is 0 Å². The van der Waals surface area contributed by atoms with Gasteiger partial charge < -0.3 is 26.8 Å². The Kier molecular flexibility index (Phi) is 5.81. The summed E-state index contributed by atoms with van der Waals surface area (Å²) in [4.78, 5) is 45.0. The lowest BCUT2D eigenvalue weighted by molar-refractivity contribution is -0.138. The Balaban J connectivity index is 4.14. The smallest absolute Gasteiger partial charge is 0.322 e. The lowest BCUT2D eigenvalue weighted by Crippen LogP contribution is -2.46. The molecule has 120 valence electrons. The van der Waals surface area contributed by atoms with E-state index in [1.807, 2.05) is 0 Å².